The molecule has 2 amide bonds. The molecule has 3 rings (SSSR count). The Labute approximate surface area is 119 Å². The zero-order chi connectivity index (χ0) is 13.9. The molecule has 2 atom stereocenters. The SMILES string of the molecule is O=C(C1CCCO1)N1CCN(C(=O)[C@@H]2CCCN2)CC1. The van der Waals surface area contributed by atoms with Gasteiger partial charge in [-0.3, -0.25) is 9.59 Å². The molecule has 20 heavy (non-hydrogen) atoms. The first-order valence-electron chi connectivity index (χ1n) is 7.68. The molecule has 0 aliphatic carbocycles. The van der Waals surface area contributed by atoms with Crippen LogP contribution in [0.1, 0.15) is 25.7 Å². The Morgan fingerprint density at radius 1 is 0.950 bits per heavy atom. The van der Waals surface area contributed by atoms with Gasteiger partial charge in [-0.05, 0) is 32.2 Å². The Hall–Kier alpha value is -1.14. The molecule has 3 aliphatic rings. The molecule has 3 aliphatic heterocycles. The quantitative estimate of drug-likeness (QED) is 0.747. The predicted octanol–water partition coefficient (Wildman–Crippen LogP) is -0.412. The second-order valence-electron chi connectivity index (χ2n) is 5.80. The van der Waals surface area contributed by atoms with Crippen molar-refractivity contribution in [2.45, 2.75) is 37.8 Å². The Bertz CT molecular complexity index is 332. The van der Waals surface area contributed by atoms with Crippen molar-refractivity contribution in [3.05, 3.63) is 0 Å². The number of hydrogen-bond acceptors (Lipinski definition) is 4. The van der Waals surface area contributed by atoms with E-state index in [4.69, 9.17) is 4.74 Å². The van der Waals surface area contributed by atoms with Crippen LogP contribution in [0.3, 0.4) is 0 Å². The minimum absolute atomic E-state index is 0.00424. The van der Waals surface area contributed by atoms with Crippen LogP contribution >= 0.6 is 0 Å². The molecule has 0 saturated carbocycles. The minimum Gasteiger partial charge on any atom is -0.368 e. The maximum atomic E-state index is 12.3. The van der Waals surface area contributed by atoms with E-state index in [0.717, 1.165) is 32.2 Å². The number of hydrogen-bond donors (Lipinski definition) is 1. The molecule has 0 radical (unpaired) electrons. The van der Waals surface area contributed by atoms with Crippen molar-refractivity contribution in [3.8, 4) is 0 Å². The summed E-state index contributed by atoms with van der Waals surface area (Å²) in [5, 5.41) is 3.24. The molecule has 1 N–H and O–H groups in total. The zero-order valence-electron chi connectivity index (χ0n) is 11.8. The molecule has 112 valence electrons. The predicted molar refractivity (Wildman–Crippen MR) is 73.2 cm³/mol. The topological polar surface area (TPSA) is 61.9 Å². The van der Waals surface area contributed by atoms with Gasteiger partial charge in [-0.2, -0.15) is 0 Å². The lowest BCUT2D eigenvalue weighted by Gasteiger charge is -2.36. The lowest BCUT2D eigenvalue weighted by Crippen LogP contribution is -2.55. The van der Waals surface area contributed by atoms with Crippen LogP contribution in [-0.4, -0.2) is 73.1 Å². The molecule has 3 heterocycles. The van der Waals surface area contributed by atoms with Gasteiger partial charge in [0.15, 0.2) is 0 Å². The van der Waals surface area contributed by atoms with Crippen molar-refractivity contribution < 1.29 is 14.3 Å². The normalized spacial score (nSPS) is 30.8. The monoisotopic (exact) mass is 281 g/mol. The number of amides is 2. The van der Waals surface area contributed by atoms with E-state index in [9.17, 15) is 9.59 Å². The van der Waals surface area contributed by atoms with Gasteiger partial charge in [0.2, 0.25) is 5.91 Å². The van der Waals surface area contributed by atoms with Gasteiger partial charge >= 0.3 is 0 Å². The van der Waals surface area contributed by atoms with Gasteiger partial charge in [-0.25, -0.2) is 0 Å². The van der Waals surface area contributed by atoms with Crippen LogP contribution < -0.4 is 5.32 Å². The van der Waals surface area contributed by atoms with Gasteiger partial charge in [0.1, 0.15) is 6.10 Å². The minimum atomic E-state index is -0.242. The number of rotatable bonds is 2. The highest BCUT2D eigenvalue weighted by Crippen LogP contribution is 2.17. The smallest absolute Gasteiger partial charge is 0.251 e. The summed E-state index contributed by atoms with van der Waals surface area (Å²) in [5.74, 6) is 0.306. The second-order valence-corrected chi connectivity index (χ2v) is 5.80. The number of carbonyl (C=O) groups excluding carboxylic acids is 2. The van der Waals surface area contributed by atoms with Crippen LogP contribution in [0.2, 0.25) is 0 Å². The Morgan fingerprint density at radius 3 is 2.20 bits per heavy atom. The maximum Gasteiger partial charge on any atom is 0.251 e. The van der Waals surface area contributed by atoms with Gasteiger partial charge in [0.25, 0.3) is 5.91 Å². The molecule has 0 aromatic heterocycles. The third-order valence-corrected chi connectivity index (χ3v) is 4.47. The number of ether oxygens (including phenoxy) is 1. The van der Waals surface area contributed by atoms with Gasteiger partial charge in [0.05, 0.1) is 6.04 Å². The summed E-state index contributed by atoms with van der Waals surface area (Å²) in [7, 11) is 0. The average molecular weight is 281 g/mol. The molecule has 0 aromatic carbocycles. The van der Waals surface area contributed by atoms with Crippen LogP contribution in [-0.2, 0) is 14.3 Å². The van der Waals surface area contributed by atoms with Crippen LogP contribution in [0.25, 0.3) is 0 Å². The van der Waals surface area contributed by atoms with Crippen molar-refractivity contribution in [2.75, 3.05) is 39.3 Å². The molecule has 3 saturated heterocycles. The molecule has 6 heteroatoms. The van der Waals surface area contributed by atoms with Crippen molar-refractivity contribution in [1.82, 2.24) is 15.1 Å². The number of piperazine rings is 1. The van der Waals surface area contributed by atoms with Gasteiger partial charge in [0, 0.05) is 32.8 Å². The Morgan fingerprint density at radius 2 is 1.65 bits per heavy atom. The van der Waals surface area contributed by atoms with E-state index in [2.05, 4.69) is 5.32 Å². The highest BCUT2D eigenvalue weighted by atomic mass is 16.5. The average Bonchev–Trinajstić information content (AvgIpc) is 3.18. The van der Waals surface area contributed by atoms with Gasteiger partial charge in [-0.15, -0.1) is 0 Å². The molecule has 0 aromatic rings. The number of carbonyl (C=O) groups is 2. The summed E-state index contributed by atoms with van der Waals surface area (Å²) >= 11 is 0. The van der Waals surface area contributed by atoms with Crippen LogP contribution in [0.15, 0.2) is 0 Å². The molecular weight excluding hydrogens is 258 g/mol. The molecular formula is C14H23N3O3. The third-order valence-electron chi connectivity index (χ3n) is 4.47. The zero-order valence-corrected chi connectivity index (χ0v) is 11.8. The molecule has 1 unspecified atom stereocenters. The number of nitrogens with one attached hydrogen (secondary N) is 1. The molecule has 0 bridgehead atoms. The van der Waals surface area contributed by atoms with E-state index < -0.39 is 0 Å². The van der Waals surface area contributed by atoms with Crippen molar-refractivity contribution in [2.24, 2.45) is 0 Å². The van der Waals surface area contributed by atoms with E-state index in [-0.39, 0.29) is 24.0 Å². The van der Waals surface area contributed by atoms with E-state index in [1.165, 1.54) is 0 Å². The number of nitrogens with zero attached hydrogens (tertiary/aromatic N) is 2. The molecule has 3 fully saturated rings. The molecule has 0 spiro atoms. The van der Waals surface area contributed by atoms with E-state index in [0.29, 0.717) is 32.8 Å². The Kier molecular flexibility index (Phi) is 4.21. The largest absolute Gasteiger partial charge is 0.368 e. The lowest BCUT2D eigenvalue weighted by atomic mass is 10.1. The first-order valence-corrected chi connectivity index (χ1v) is 7.68. The first kappa shape index (κ1) is 13.8. The van der Waals surface area contributed by atoms with Crippen LogP contribution in [0.4, 0.5) is 0 Å². The summed E-state index contributed by atoms with van der Waals surface area (Å²) in [4.78, 5) is 28.2. The summed E-state index contributed by atoms with van der Waals surface area (Å²) in [5.41, 5.74) is 0. The fourth-order valence-electron chi connectivity index (χ4n) is 3.24. The fourth-order valence-corrected chi connectivity index (χ4v) is 3.24. The Balaban J connectivity index is 1.48. The molecule has 6 nitrogen and oxygen atoms in total. The van der Waals surface area contributed by atoms with Gasteiger partial charge in [-0.1, -0.05) is 0 Å². The van der Waals surface area contributed by atoms with E-state index in [1.54, 1.807) is 0 Å². The second kappa shape index (κ2) is 6.10. The highest BCUT2D eigenvalue weighted by Gasteiger charge is 2.33. The van der Waals surface area contributed by atoms with Crippen LogP contribution in [0, 0.1) is 0 Å². The maximum absolute atomic E-state index is 12.3. The summed E-state index contributed by atoms with van der Waals surface area (Å²) < 4.78 is 5.44. The summed E-state index contributed by atoms with van der Waals surface area (Å²) in [6.07, 6.45) is 3.59. The van der Waals surface area contributed by atoms with Crippen molar-refractivity contribution in [3.63, 3.8) is 0 Å². The third kappa shape index (κ3) is 2.81. The highest BCUT2D eigenvalue weighted by molar-refractivity contribution is 5.83. The lowest BCUT2D eigenvalue weighted by molar-refractivity contribution is -0.146. The fraction of sp³-hybridized carbons (Fsp3) is 0.857. The van der Waals surface area contributed by atoms with Gasteiger partial charge < -0.3 is 19.9 Å². The standard InChI is InChI=1S/C14H23N3O3/c18-13(11-3-1-5-15-11)16-6-8-17(9-7-16)14(19)12-4-2-10-20-12/h11-12,15H,1-10H2/t11-,12?/m0/s1. The summed E-state index contributed by atoms with van der Waals surface area (Å²) in [6.45, 7) is 4.20. The van der Waals surface area contributed by atoms with Crippen LogP contribution in [0.5, 0.6) is 0 Å². The van der Waals surface area contributed by atoms with E-state index in [1.807, 2.05) is 9.80 Å². The first-order chi connectivity index (χ1) is 9.75. The van der Waals surface area contributed by atoms with Crippen molar-refractivity contribution in [1.29, 1.82) is 0 Å². The summed E-state index contributed by atoms with van der Waals surface area (Å²) in [6, 6.07) is -0.00424. The van der Waals surface area contributed by atoms with Crippen molar-refractivity contribution >= 4 is 11.8 Å². The van der Waals surface area contributed by atoms with E-state index >= 15 is 0 Å².